The van der Waals surface area contributed by atoms with Crippen LogP contribution in [-0.4, -0.2) is 37.1 Å². The van der Waals surface area contributed by atoms with Crippen molar-refractivity contribution in [1.29, 1.82) is 0 Å². The highest BCUT2D eigenvalue weighted by atomic mass is 79.9. The van der Waals surface area contributed by atoms with E-state index in [1.165, 1.54) is 7.11 Å². The number of carbonyl (C=O) groups is 1. The third kappa shape index (κ3) is 2.32. The standard InChI is InChI=1S/C11H14BrNO2/c1-15-11(14)8-6-13(7-8)10-4-2-3-9(12)5-10/h2-3,5,8,10H,4,6-7H2,1H3. The van der Waals surface area contributed by atoms with Gasteiger partial charge in [0.2, 0.25) is 0 Å². The summed E-state index contributed by atoms with van der Waals surface area (Å²) in [5, 5.41) is 0. The van der Waals surface area contributed by atoms with Crippen molar-refractivity contribution in [1.82, 2.24) is 4.90 Å². The van der Waals surface area contributed by atoms with Crippen molar-refractivity contribution < 1.29 is 9.53 Å². The van der Waals surface area contributed by atoms with Gasteiger partial charge in [0.25, 0.3) is 0 Å². The normalized spacial score (nSPS) is 27.1. The predicted molar refractivity (Wildman–Crippen MR) is 61.6 cm³/mol. The Labute approximate surface area is 97.9 Å². The molecule has 0 bridgehead atoms. The Hall–Kier alpha value is -0.610. The van der Waals surface area contributed by atoms with Gasteiger partial charge in [0.05, 0.1) is 13.0 Å². The van der Waals surface area contributed by atoms with E-state index in [0.717, 1.165) is 24.0 Å². The largest absolute Gasteiger partial charge is 0.469 e. The molecule has 15 heavy (non-hydrogen) atoms. The van der Waals surface area contributed by atoms with E-state index >= 15 is 0 Å². The summed E-state index contributed by atoms with van der Waals surface area (Å²) in [4.78, 5) is 13.5. The lowest BCUT2D eigenvalue weighted by Gasteiger charge is -2.42. The summed E-state index contributed by atoms with van der Waals surface area (Å²) in [6.45, 7) is 1.64. The predicted octanol–water partition coefficient (Wildman–Crippen LogP) is 1.70. The van der Waals surface area contributed by atoms with Gasteiger partial charge < -0.3 is 4.74 Å². The molecule has 2 rings (SSSR count). The Bertz CT molecular complexity index is 319. The maximum Gasteiger partial charge on any atom is 0.311 e. The van der Waals surface area contributed by atoms with Crippen molar-refractivity contribution in [2.45, 2.75) is 12.5 Å². The number of ether oxygens (including phenoxy) is 1. The van der Waals surface area contributed by atoms with Gasteiger partial charge in [0, 0.05) is 23.6 Å². The second-order valence-corrected chi connectivity index (χ2v) is 4.85. The molecule has 1 unspecified atom stereocenters. The zero-order valence-electron chi connectivity index (χ0n) is 8.65. The zero-order valence-corrected chi connectivity index (χ0v) is 10.2. The molecule has 0 aromatic rings. The average molecular weight is 272 g/mol. The van der Waals surface area contributed by atoms with Crippen LogP contribution < -0.4 is 0 Å². The number of nitrogens with zero attached hydrogens (tertiary/aromatic N) is 1. The minimum atomic E-state index is -0.0827. The molecule has 1 aliphatic carbocycles. The monoisotopic (exact) mass is 271 g/mol. The Morgan fingerprint density at radius 2 is 2.33 bits per heavy atom. The van der Waals surface area contributed by atoms with Crippen molar-refractivity contribution in [3.63, 3.8) is 0 Å². The molecule has 2 aliphatic rings. The fourth-order valence-electron chi connectivity index (χ4n) is 1.98. The van der Waals surface area contributed by atoms with Crippen LogP contribution in [0.2, 0.25) is 0 Å². The number of esters is 1. The smallest absolute Gasteiger partial charge is 0.311 e. The second-order valence-electron chi connectivity index (χ2n) is 3.93. The molecule has 0 aromatic carbocycles. The molecule has 1 saturated heterocycles. The van der Waals surface area contributed by atoms with E-state index < -0.39 is 0 Å². The van der Waals surface area contributed by atoms with Crippen molar-refractivity contribution >= 4 is 21.9 Å². The molecule has 1 heterocycles. The third-order valence-corrected chi connectivity index (χ3v) is 3.45. The molecule has 0 saturated carbocycles. The van der Waals surface area contributed by atoms with Gasteiger partial charge in [0.15, 0.2) is 0 Å². The topological polar surface area (TPSA) is 29.5 Å². The van der Waals surface area contributed by atoms with Crippen molar-refractivity contribution in [2.24, 2.45) is 5.92 Å². The van der Waals surface area contributed by atoms with E-state index in [1.54, 1.807) is 0 Å². The van der Waals surface area contributed by atoms with Crippen LogP contribution in [0.4, 0.5) is 0 Å². The van der Waals surface area contributed by atoms with Gasteiger partial charge in [-0.05, 0) is 6.42 Å². The minimum Gasteiger partial charge on any atom is -0.469 e. The molecule has 0 amide bonds. The first-order valence-electron chi connectivity index (χ1n) is 5.06. The molecule has 1 fully saturated rings. The lowest BCUT2D eigenvalue weighted by molar-refractivity contribution is -0.151. The van der Waals surface area contributed by atoms with Crippen LogP contribution in [0, 0.1) is 5.92 Å². The number of halogens is 1. The number of hydrogen-bond acceptors (Lipinski definition) is 3. The molecule has 82 valence electrons. The van der Waals surface area contributed by atoms with E-state index in [0.29, 0.717) is 6.04 Å². The first-order valence-corrected chi connectivity index (χ1v) is 5.85. The SMILES string of the molecule is COC(=O)C1CN(C2C=C(Br)C=CC2)C1. The highest BCUT2D eigenvalue weighted by Crippen LogP contribution is 2.26. The van der Waals surface area contributed by atoms with Crippen LogP contribution in [0.5, 0.6) is 0 Å². The molecule has 0 spiro atoms. The number of hydrogen-bond donors (Lipinski definition) is 0. The van der Waals surface area contributed by atoms with E-state index in [2.05, 4.69) is 39.1 Å². The molecular weight excluding hydrogens is 258 g/mol. The Morgan fingerprint density at radius 3 is 2.93 bits per heavy atom. The van der Waals surface area contributed by atoms with Crippen LogP contribution in [0.3, 0.4) is 0 Å². The maximum atomic E-state index is 11.2. The zero-order chi connectivity index (χ0) is 10.8. The summed E-state index contributed by atoms with van der Waals surface area (Å²) >= 11 is 3.46. The van der Waals surface area contributed by atoms with Crippen LogP contribution >= 0.6 is 15.9 Å². The van der Waals surface area contributed by atoms with Gasteiger partial charge in [-0.25, -0.2) is 0 Å². The molecule has 0 radical (unpaired) electrons. The molecule has 1 atom stereocenters. The molecule has 1 aliphatic heterocycles. The summed E-state index contributed by atoms with van der Waals surface area (Å²) in [6, 6.07) is 0.435. The minimum absolute atomic E-state index is 0.0769. The van der Waals surface area contributed by atoms with Crippen LogP contribution in [-0.2, 0) is 9.53 Å². The van der Waals surface area contributed by atoms with Gasteiger partial charge in [0.1, 0.15) is 0 Å². The summed E-state index contributed by atoms with van der Waals surface area (Å²) in [7, 11) is 1.45. The molecule has 0 N–H and O–H groups in total. The number of likely N-dealkylation sites (tertiary alicyclic amines) is 1. The molecule has 3 nitrogen and oxygen atoms in total. The first-order chi connectivity index (χ1) is 7.20. The number of rotatable bonds is 2. The quantitative estimate of drug-likeness (QED) is 0.716. The number of carbonyl (C=O) groups excluding carboxylic acids is 1. The second kappa shape index (κ2) is 4.49. The van der Waals surface area contributed by atoms with E-state index in [1.807, 2.05) is 0 Å². The number of methoxy groups -OCH3 is 1. The Morgan fingerprint density at radius 1 is 1.60 bits per heavy atom. The molecule has 0 aromatic heterocycles. The van der Waals surface area contributed by atoms with Gasteiger partial charge in [-0.3, -0.25) is 9.69 Å². The Balaban J connectivity index is 1.85. The van der Waals surface area contributed by atoms with Gasteiger partial charge >= 0.3 is 5.97 Å². The van der Waals surface area contributed by atoms with Crippen LogP contribution in [0.25, 0.3) is 0 Å². The molecular formula is C11H14BrNO2. The van der Waals surface area contributed by atoms with Crippen molar-refractivity contribution in [2.75, 3.05) is 20.2 Å². The van der Waals surface area contributed by atoms with Crippen molar-refractivity contribution in [3.8, 4) is 0 Å². The maximum absolute atomic E-state index is 11.2. The fourth-order valence-corrected chi connectivity index (χ4v) is 2.47. The number of allylic oxidation sites excluding steroid dienone is 2. The van der Waals surface area contributed by atoms with Gasteiger partial charge in [-0.2, -0.15) is 0 Å². The van der Waals surface area contributed by atoms with E-state index in [9.17, 15) is 4.79 Å². The summed E-state index contributed by atoms with van der Waals surface area (Å²) < 4.78 is 5.83. The lowest BCUT2D eigenvalue weighted by atomic mass is 9.95. The van der Waals surface area contributed by atoms with Crippen molar-refractivity contribution in [3.05, 3.63) is 22.7 Å². The van der Waals surface area contributed by atoms with E-state index in [-0.39, 0.29) is 11.9 Å². The highest BCUT2D eigenvalue weighted by Gasteiger charge is 2.36. The lowest BCUT2D eigenvalue weighted by Crippen LogP contribution is -2.54. The first kappa shape index (κ1) is 10.9. The van der Waals surface area contributed by atoms with Gasteiger partial charge in [-0.15, -0.1) is 0 Å². The third-order valence-electron chi connectivity index (χ3n) is 2.92. The molecule has 4 heteroatoms. The Kier molecular flexibility index (Phi) is 3.26. The van der Waals surface area contributed by atoms with Crippen LogP contribution in [0.15, 0.2) is 22.7 Å². The summed E-state index contributed by atoms with van der Waals surface area (Å²) in [5.41, 5.74) is 0. The fraction of sp³-hybridized carbons (Fsp3) is 0.545. The van der Waals surface area contributed by atoms with Crippen LogP contribution in [0.1, 0.15) is 6.42 Å². The van der Waals surface area contributed by atoms with E-state index in [4.69, 9.17) is 4.74 Å². The highest BCUT2D eigenvalue weighted by molar-refractivity contribution is 9.11. The summed E-state index contributed by atoms with van der Waals surface area (Å²) in [5.74, 6) is -0.00581. The van der Waals surface area contributed by atoms with Gasteiger partial charge in [-0.1, -0.05) is 34.2 Å². The average Bonchev–Trinajstić information content (AvgIpc) is 2.15. The summed E-state index contributed by atoms with van der Waals surface area (Å²) in [6.07, 6.45) is 7.44.